The molecule has 1 aromatic rings. The molecule has 5 heteroatoms. The topological polar surface area (TPSA) is 68.5 Å². The first-order valence-electron chi connectivity index (χ1n) is 7.25. The van der Waals surface area contributed by atoms with E-state index in [1.165, 1.54) is 31.9 Å². The molecular formula is C15H23N3O2. The molecule has 1 aliphatic carbocycles. The lowest BCUT2D eigenvalue weighted by atomic mass is 10.1. The van der Waals surface area contributed by atoms with Gasteiger partial charge in [-0.1, -0.05) is 12.8 Å². The fourth-order valence-electron chi connectivity index (χ4n) is 2.72. The molecule has 5 nitrogen and oxygen atoms in total. The summed E-state index contributed by atoms with van der Waals surface area (Å²) in [4.78, 5) is 18.2. The van der Waals surface area contributed by atoms with Crippen LogP contribution in [0.15, 0.2) is 12.3 Å². The molecule has 0 spiro atoms. The van der Waals surface area contributed by atoms with Crippen LogP contribution in [0.3, 0.4) is 0 Å². The zero-order valence-electron chi connectivity index (χ0n) is 12.3. The van der Waals surface area contributed by atoms with Crippen molar-refractivity contribution in [1.29, 1.82) is 0 Å². The van der Waals surface area contributed by atoms with Gasteiger partial charge in [-0.3, -0.25) is 0 Å². The van der Waals surface area contributed by atoms with Gasteiger partial charge in [-0.25, -0.2) is 9.78 Å². The Morgan fingerprint density at radius 1 is 1.50 bits per heavy atom. The number of carbonyl (C=O) groups excluding carboxylic acids is 1. The van der Waals surface area contributed by atoms with E-state index in [-0.39, 0.29) is 5.97 Å². The van der Waals surface area contributed by atoms with Crippen molar-refractivity contribution in [2.75, 3.05) is 30.8 Å². The van der Waals surface area contributed by atoms with Crippen LogP contribution in [0, 0.1) is 5.92 Å². The average molecular weight is 277 g/mol. The van der Waals surface area contributed by atoms with E-state index >= 15 is 0 Å². The number of carbonyl (C=O) groups is 1. The van der Waals surface area contributed by atoms with Gasteiger partial charge in [0.1, 0.15) is 5.82 Å². The van der Waals surface area contributed by atoms with Crippen LogP contribution in [-0.2, 0) is 4.74 Å². The highest BCUT2D eigenvalue weighted by molar-refractivity contribution is 5.95. The van der Waals surface area contributed by atoms with Crippen LogP contribution < -0.4 is 10.6 Å². The molecular weight excluding hydrogens is 254 g/mol. The number of pyridine rings is 1. The average Bonchev–Trinajstić information content (AvgIpc) is 2.92. The van der Waals surface area contributed by atoms with E-state index < -0.39 is 0 Å². The highest BCUT2D eigenvalue weighted by Gasteiger charge is 2.19. The van der Waals surface area contributed by atoms with Crippen LogP contribution in [-0.4, -0.2) is 31.2 Å². The van der Waals surface area contributed by atoms with E-state index in [9.17, 15) is 4.79 Å². The molecule has 0 saturated heterocycles. The Bertz CT molecular complexity index is 470. The summed E-state index contributed by atoms with van der Waals surface area (Å²) in [6.45, 7) is 3.09. The van der Waals surface area contributed by atoms with Gasteiger partial charge in [0, 0.05) is 13.6 Å². The largest absolute Gasteiger partial charge is 0.462 e. The minimum absolute atomic E-state index is 0.341. The second-order valence-electron chi connectivity index (χ2n) is 5.38. The van der Waals surface area contributed by atoms with Crippen molar-refractivity contribution in [3.8, 4) is 0 Å². The molecule has 1 aliphatic rings. The van der Waals surface area contributed by atoms with Crippen LogP contribution in [0.1, 0.15) is 43.0 Å². The van der Waals surface area contributed by atoms with Gasteiger partial charge in [-0.2, -0.15) is 0 Å². The van der Waals surface area contributed by atoms with Crippen LogP contribution in [0.2, 0.25) is 0 Å². The lowest BCUT2D eigenvalue weighted by Crippen LogP contribution is -2.25. The minimum atomic E-state index is -0.386. The van der Waals surface area contributed by atoms with Gasteiger partial charge < -0.3 is 15.4 Å². The highest BCUT2D eigenvalue weighted by Crippen LogP contribution is 2.27. The molecule has 1 saturated carbocycles. The Morgan fingerprint density at radius 2 is 2.20 bits per heavy atom. The van der Waals surface area contributed by atoms with E-state index in [2.05, 4.69) is 9.88 Å². The Kier molecular flexibility index (Phi) is 4.82. The quantitative estimate of drug-likeness (QED) is 0.837. The lowest BCUT2D eigenvalue weighted by molar-refractivity contribution is 0.0527. The molecule has 0 atom stereocenters. The maximum absolute atomic E-state index is 11.8. The van der Waals surface area contributed by atoms with Gasteiger partial charge in [0.15, 0.2) is 0 Å². The number of nitrogens with zero attached hydrogens (tertiary/aromatic N) is 2. The zero-order valence-corrected chi connectivity index (χ0v) is 12.3. The predicted molar refractivity (Wildman–Crippen MR) is 79.8 cm³/mol. The lowest BCUT2D eigenvalue weighted by Gasteiger charge is -2.22. The van der Waals surface area contributed by atoms with Crippen LogP contribution in [0.4, 0.5) is 11.5 Å². The van der Waals surface area contributed by atoms with E-state index in [1.807, 2.05) is 7.05 Å². The number of rotatable bonds is 5. The fraction of sp³-hybridized carbons (Fsp3) is 0.600. The summed E-state index contributed by atoms with van der Waals surface area (Å²) in [5, 5.41) is 0. The number of ether oxygens (including phenoxy) is 1. The standard InChI is InChI=1S/C15H23N3O2/c1-3-20-15(19)12-8-14(17-9-13(12)16)18(2)10-11-6-4-5-7-11/h8-9,11H,3-7,10,16H2,1-2H3. The molecule has 0 aliphatic heterocycles. The number of hydrogen-bond acceptors (Lipinski definition) is 5. The van der Waals surface area contributed by atoms with Crippen molar-refractivity contribution >= 4 is 17.5 Å². The first kappa shape index (κ1) is 14.6. The SMILES string of the molecule is CCOC(=O)c1cc(N(C)CC2CCCC2)ncc1N. The molecule has 1 aromatic heterocycles. The van der Waals surface area contributed by atoms with Crippen molar-refractivity contribution < 1.29 is 9.53 Å². The first-order chi connectivity index (χ1) is 9.61. The number of esters is 1. The third-order valence-corrected chi connectivity index (χ3v) is 3.81. The predicted octanol–water partition coefficient (Wildman–Crippen LogP) is 2.47. The Labute approximate surface area is 120 Å². The van der Waals surface area contributed by atoms with Crippen molar-refractivity contribution in [2.24, 2.45) is 5.92 Å². The van der Waals surface area contributed by atoms with Crippen LogP contribution >= 0.6 is 0 Å². The maximum Gasteiger partial charge on any atom is 0.340 e. The molecule has 0 amide bonds. The van der Waals surface area contributed by atoms with Crippen molar-refractivity contribution in [1.82, 2.24) is 4.98 Å². The number of anilines is 2. The van der Waals surface area contributed by atoms with E-state index in [0.29, 0.717) is 17.9 Å². The summed E-state index contributed by atoms with van der Waals surface area (Å²) in [6, 6.07) is 1.72. The van der Waals surface area contributed by atoms with E-state index in [1.54, 1.807) is 13.0 Å². The minimum Gasteiger partial charge on any atom is -0.462 e. The first-order valence-corrected chi connectivity index (χ1v) is 7.25. The van der Waals surface area contributed by atoms with Gasteiger partial charge in [0.2, 0.25) is 0 Å². The second-order valence-corrected chi connectivity index (χ2v) is 5.38. The molecule has 110 valence electrons. The molecule has 1 fully saturated rings. The summed E-state index contributed by atoms with van der Waals surface area (Å²) in [6.07, 6.45) is 6.74. The monoisotopic (exact) mass is 277 g/mol. The van der Waals surface area contributed by atoms with Crippen LogP contribution in [0.5, 0.6) is 0 Å². The Balaban J connectivity index is 2.11. The normalized spacial score (nSPS) is 15.3. The summed E-state index contributed by atoms with van der Waals surface area (Å²) >= 11 is 0. The van der Waals surface area contributed by atoms with Gasteiger partial charge in [0.05, 0.1) is 24.1 Å². The van der Waals surface area contributed by atoms with Crippen molar-refractivity contribution in [2.45, 2.75) is 32.6 Å². The molecule has 0 aromatic carbocycles. The Hall–Kier alpha value is -1.78. The summed E-state index contributed by atoms with van der Waals surface area (Å²) in [5.74, 6) is 1.11. The summed E-state index contributed by atoms with van der Waals surface area (Å²) < 4.78 is 5.01. The molecule has 2 N–H and O–H groups in total. The molecule has 1 heterocycles. The van der Waals surface area contributed by atoms with Crippen molar-refractivity contribution in [3.63, 3.8) is 0 Å². The van der Waals surface area contributed by atoms with E-state index in [0.717, 1.165) is 18.3 Å². The number of nitrogen functional groups attached to an aromatic ring is 1. The fourth-order valence-corrected chi connectivity index (χ4v) is 2.72. The number of nitrogens with two attached hydrogens (primary N) is 1. The van der Waals surface area contributed by atoms with E-state index in [4.69, 9.17) is 10.5 Å². The summed E-state index contributed by atoms with van der Waals surface area (Å²) in [5.41, 5.74) is 6.56. The molecule has 2 rings (SSSR count). The molecule has 0 bridgehead atoms. The summed E-state index contributed by atoms with van der Waals surface area (Å²) in [7, 11) is 2.01. The third kappa shape index (κ3) is 3.40. The van der Waals surface area contributed by atoms with Gasteiger partial charge in [0.25, 0.3) is 0 Å². The van der Waals surface area contributed by atoms with Gasteiger partial charge in [-0.15, -0.1) is 0 Å². The van der Waals surface area contributed by atoms with Gasteiger partial charge in [-0.05, 0) is 31.7 Å². The highest BCUT2D eigenvalue weighted by atomic mass is 16.5. The third-order valence-electron chi connectivity index (χ3n) is 3.81. The molecule has 20 heavy (non-hydrogen) atoms. The second kappa shape index (κ2) is 6.59. The zero-order chi connectivity index (χ0) is 14.5. The smallest absolute Gasteiger partial charge is 0.340 e. The molecule has 0 radical (unpaired) electrons. The number of hydrogen-bond donors (Lipinski definition) is 1. The maximum atomic E-state index is 11.8. The van der Waals surface area contributed by atoms with Crippen LogP contribution in [0.25, 0.3) is 0 Å². The number of aromatic nitrogens is 1. The van der Waals surface area contributed by atoms with Gasteiger partial charge >= 0.3 is 5.97 Å². The van der Waals surface area contributed by atoms with Crippen molar-refractivity contribution in [3.05, 3.63) is 17.8 Å². The Morgan fingerprint density at radius 3 is 2.85 bits per heavy atom. The molecule has 0 unspecified atom stereocenters.